The lowest BCUT2D eigenvalue weighted by atomic mass is 10.1. The highest BCUT2D eigenvalue weighted by molar-refractivity contribution is 7.45. The van der Waals surface area contributed by atoms with E-state index in [0.29, 0.717) is 17.4 Å². The molecule has 0 fully saturated rings. The van der Waals surface area contributed by atoms with E-state index in [1.807, 2.05) is 33.3 Å². The lowest BCUT2D eigenvalue weighted by molar-refractivity contribution is -0.870. The number of aliphatic hydroxyl groups excluding tert-OH is 3. The fourth-order valence-corrected chi connectivity index (χ4v) is 5.91. The first-order chi connectivity index (χ1) is 30.2. The Bertz CT molecular complexity index is 1530. The number of ether oxygens (including phenoxy) is 2. The van der Waals surface area contributed by atoms with Crippen LogP contribution in [0.1, 0.15) is 110 Å². The molecule has 0 bridgehead atoms. The molecule has 1 unspecified atom stereocenters. The van der Waals surface area contributed by atoms with Crippen LogP contribution < -0.4 is 4.89 Å². The van der Waals surface area contributed by atoms with Gasteiger partial charge in [0.1, 0.15) is 19.8 Å². The number of hydrogen-bond acceptors (Lipinski definition) is 11. The summed E-state index contributed by atoms with van der Waals surface area (Å²) in [5.74, 6) is -1.28. The molecule has 0 spiro atoms. The van der Waals surface area contributed by atoms with Crippen molar-refractivity contribution in [1.29, 1.82) is 0 Å². The second-order valence-electron chi connectivity index (χ2n) is 15.9. The van der Waals surface area contributed by atoms with E-state index < -0.39 is 57.4 Å². The standard InChI is InChI=1S/C50H80NO11P/c1-6-8-10-11-12-13-14-15-16-17-18-19-20-21-22-23-24-29-33-39-49(55)59-43-46(44-61-63(57,58)60-42-41-51(3,4)5)62-50(56)40-34-38-48(54)47(53)37-32-28-26-25-27-31-36-45(52)35-30-9-7-2/h8,10,12-13,15-16,18-19,21-22,24-29,31-32,36-37,45-48,52-54H,6-7,9,11,14,17,20,23,30,33-35,38-44H2,1-5H3/b10-8-,13-12-,16-15-,19-18-,22-21-,27-25-,28-26+,29-24-,36-31+,37-32+/t45-,46+,47-,48-/m0/s1. The number of nitrogens with zero attached hydrogens (tertiary/aromatic N) is 1. The molecule has 0 aliphatic carbocycles. The van der Waals surface area contributed by atoms with Crippen LogP contribution in [0.15, 0.2) is 122 Å². The molecule has 0 aliphatic rings. The summed E-state index contributed by atoms with van der Waals surface area (Å²) in [6, 6.07) is 0. The van der Waals surface area contributed by atoms with Crippen molar-refractivity contribution in [3.63, 3.8) is 0 Å². The summed E-state index contributed by atoms with van der Waals surface area (Å²) >= 11 is 0. The maximum absolute atomic E-state index is 12.7. The number of hydrogen-bond donors (Lipinski definition) is 3. The van der Waals surface area contributed by atoms with Gasteiger partial charge in [-0.05, 0) is 64.2 Å². The fourth-order valence-electron chi connectivity index (χ4n) is 5.18. The predicted octanol–water partition coefficient (Wildman–Crippen LogP) is 9.19. The number of likely N-dealkylation sites (N-methyl/N-ethyl adjacent to an activating group) is 1. The molecule has 5 atom stereocenters. The number of allylic oxidation sites excluding steroid dienone is 18. The third kappa shape index (κ3) is 42.0. The minimum absolute atomic E-state index is 0.0701. The normalized spacial score (nSPS) is 16.1. The van der Waals surface area contributed by atoms with Gasteiger partial charge in [-0.3, -0.25) is 14.2 Å². The van der Waals surface area contributed by atoms with E-state index in [4.69, 9.17) is 18.5 Å². The fraction of sp³-hybridized carbons (Fsp3) is 0.560. The van der Waals surface area contributed by atoms with Gasteiger partial charge in [-0.15, -0.1) is 0 Å². The third-order valence-corrected chi connectivity index (χ3v) is 9.81. The first kappa shape index (κ1) is 59.3. The topological polar surface area (TPSA) is 172 Å². The predicted molar refractivity (Wildman–Crippen MR) is 253 cm³/mol. The Morgan fingerprint density at radius 3 is 1.73 bits per heavy atom. The van der Waals surface area contributed by atoms with E-state index in [0.717, 1.165) is 64.2 Å². The lowest BCUT2D eigenvalue weighted by Crippen LogP contribution is -2.37. The number of rotatable bonds is 38. The largest absolute Gasteiger partial charge is 0.756 e. The van der Waals surface area contributed by atoms with Gasteiger partial charge in [0.25, 0.3) is 7.82 Å². The zero-order valence-electron chi connectivity index (χ0n) is 38.8. The molecule has 356 valence electrons. The highest BCUT2D eigenvalue weighted by atomic mass is 31.2. The second-order valence-corrected chi connectivity index (χ2v) is 17.3. The van der Waals surface area contributed by atoms with Crippen molar-refractivity contribution in [3.05, 3.63) is 122 Å². The van der Waals surface area contributed by atoms with Crippen LogP contribution in [0.2, 0.25) is 0 Å². The van der Waals surface area contributed by atoms with Gasteiger partial charge in [-0.1, -0.05) is 155 Å². The average Bonchev–Trinajstić information content (AvgIpc) is 3.23. The van der Waals surface area contributed by atoms with Crippen LogP contribution in [0.4, 0.5) is 0 Å². The molecule has 0 aromatic carbocycles. The quantitative estimate of drug-likeness (QED) is 0.0135. The molecule has 0 aromatic heterocycles. The molecule has 13 heteroatoms. The number of aliphatic hydroxyl groups is 3. The molecule has 3 N–H and O–H groups in total. The van der Waals surface area contributed by atoms with Crippen molar-refractivity contribution in [3.8, 4) is 0 Å². The monoisotopic (exact) mass is 902 g/mol. The molecule has 0 amide bonds. The number of phosphoric acid groups is 1. The maximum Gasteiger partial charge on any atom is 0.306 e. The Balaban J connectivity index is 4.81. The van der Waals surface area contributed by atoms with Gasteiger partial charge in [-0.2, -0.15) is 0 Å². The zero-order valence-corrected chi connectivity index (χ0v) is 39.7. The molecule has 0 rings (SSSR count). The smallest absolute Gasteiger partial charge is 0.306 e. The van der Waals surface area contributed by atoms with Crippen LogP contribution in [0.5, 0.6) is 0 Å². The van der Waals surface area contributed by atoms with Crippen molar-refractivity contribution in [2.75, 3.05) is 47.5 Å². The summed E-state index contributed by atoms with van der Waals surface area (Å²) in [6.45, 7) is 3.48. The molecular formula is C50H80NO11P. The Morgan fingerprint density at radius 1 is 0.635 bits per heavy atom. The van der Waals surface area contributed by atoms with Gasteiger partial charge in [0.15, 0.2) is 6.10 Å². The van der Waals surface area contributed by atoms with Gasteiger partial charge in [-0.25, -0.2) is 0 Å². The first-order valence-electron chi connectivity index (χ1n) is 22.6. The Kier molecular flexibility index (Phi) is 37.5. The SMILES string of the molecule is CC/C=C\C/C=C\C/C=C\C/C=C\C/C=C\C/C=C\CCC(=O)OC[C@H](COP(=O)([O-])OCC[N+](C)(C)C)OC(=O)CCC[C@H](O)[C@@H](O)/C=C/C=C/C=C\C=C\[C@@H](O)CCCCC. The summed E-state index contributed by atoms with van der Waals surface area (Å²) in [6.07, 6.45) is 44.7. The number of esters is 2. The van der Waals surface area contributed by atoms with Crippen LogP contribution in [0, 0.1) is 0 Å². The average molecular weight is 902 g/mol. The number of unbranched alkanes of at least 4 members (excludes halogenated alkanes) is 2. The summed E-state index contributed by atoms with van der Waals surface area (Å²) in [5, 5.41) is 30.6. The number of phosphoric ester groups is 1. The third-order valence-electron chi connectivity index (χ3n) is 8.85. The van der Waals surface area contributed by atoms with E-state index in [1.165, 1.54) is 6.08 Å². The van der Waals surface area contributed by atoms with Gasteiger partial charge in [0.05, 0.1) is 46.1 Å². The van der Waals surface area contributed by atoms with Crippen molar-refractivity contribution in [2.45, 2.75) is 135 Å². The molecular weight excluding hydrogens is 822 g/mol. The first-order valence-corrected chi connectivity index (χ1v) is 24.0. The van der Waals surface area contributed by atoms with Crippen molar-refractivity contribution >= 4 is 19.8 Å². The molecule has 0 heterocycles. The summed E-state index contributed by atoms with van der Waals surface area (Å²) in [4.78, 5) is 37.6. The highest BCUT2D eigenvalue weighted by Gasteiger charge is 2.22. The van der Waals surface area contributed by atoms with Gasteiger partial charge in [0, 0.05) is 12.8 Å². The maximum atomic E-state index is 12.7. The van der Waals surface area contributed by atoms with Crippen LogP contribution >= 0.6 is 7.82 Å². The Labute approximate surface area is 379 Å². The van der Waals surface area contributed by atoms with Crippen LogP contribution in [-0.2, 0) is 32.7 Å². The molecule has 0 saturated carbocycles. The second kappa shape index (κ2) is 39.8. The number of quaternary nitrogens is 1. The van der Waals surface area contributed by atoms with E-state index >= 15 is 0 Å². The van der Waals surface area contributed by atoms with Gasteiger partial charge >= 0.3 is 11.9 Å². The van der Waals surface area contributed by atoms with E-state index in [-0.39, 0.29) is 32.3 Å². The summed E-state index contributed by atoms with van der Waals surface area (Å²) in [7, 11) is 0.886. The minimum atomic E-state index is -4.75. The van der Waals surface area contributed by atoms with Crippen molar-refractivity contribution in [2.24, 2.45) is 0 Å². The molecule has 0 aliphatic heterocycles. The van der Waals surface area contributed by atoms with E-state index in [1.54, 1.807) is 42.5 Å². The number of carbonyl (C=O) groups is 2. The molecule has 12 nitrogen and oxygen atoms in total. The summed E-state index contributed by atoms with van der Waals surface area (Å²) in [5.41, 5.74) is 0. The van der Waals surface area contributed by atoms with Crippen LogP contribution in [0.25, 0.3) is 0 Å². The van der Waals surface area contributed by atoms with Gasteiger partial charge in [0.2, 0.25) is 0 Å². The van der Waals surface area contributed by atoms with Crippen molar-refractivity contribution < 1.29 is 57.4 Å². The van der Waals surface area contributed by atoms with Crippen molar-refractivity contribution in [1.82, 2.24) is 0 Å². The molecule has 0 aromatic rings. The molecule has 0 radical (unpaired) electrons. The minimum Gasteiger partial charge on any atom is -0.756 e. The highest BCUT2D eigenvalue weighted by Crippen LogP contribution is 2.38. The Hall–Kier alpha value is -3.71. The summed E-state index contributed by atoms with van der Waals surface area (Å²) < 4.78 is 33.5. The molecule has 0 saturated heterocycles. The zero-order chi connectivity index (χ0) is 46.9. The van der Waals surface area contributed by atoms with E-state index in [9.17, 15) is 34.4 Å². The van der Waals surface area contributed by atoms with Gasteiger partial charge < -0.3 is 43.2 Å². The van der Waals surface area contributed by atoms with Crippen LogP contribution in [-0.4, -0.2) is 104 Å². The number of carbonyl (C=O) groups excluding carboxylic acids is 2. The Morgan fingerprint density at radius 2 is 1.17 bits per heavy atom. The van der Waals surface area contributed by atoms with E-state index in [2.05, 4.69) is 74.6 Å². The van der Waals surface area contributed by atoms with Crippen LogP contribution in [0.3, 0.4) is 0 Å². The molecule has 63 heavy (non-hydrogen) atoms. The lowest BCUT2D eigenvalue weighted by Gasteiger charge is -2.28.